The summed E-state index contributed by atoms with van der Waals surface area (Å²) < 4.78 is 5.14. The molecule has 0 bridgehead atoms. The van der Waals surface area contributed by atoms with Crippen LogP contribution < -0.4 is 15.5 Å². The zero-order valence-corrected chi connectivity index (χ0v) is 21.4. The number of hydrogen-bond donors (Lipinski definition) is 4. The van der Waals surface area contributed by atoms with Gasteiger partial charge in [0.1, 0.15) is 19.2 Å². The van der Waals surface area contributed by atoms with Crippen LogP contribution in [0.15, 0.2) is 72.8 Å². The van der Waals surface area contributed by atoms with Gasteiger partial charge in [0, 0.05) is 0 Å². The van der Waals surface area contributed by atoms with Crippen LogP contribution in [0.25, 0.3) is 10.8 Å². The van der Waals surface area contributed by atoms with Gasteiger partial charge < -0.3 is 20.5 Å². The fourth-order valence-corrected chi connectivity index (χ4v) is 4.19. The molecule has 0 saturated heterocycles. The molecular weight excluding hydrogens is 494 g/mol. The van der Waals surface area contributed by atoms with Gasteiger partial charge in [-0.1, -0.05) is 86.1 Å². The number of benzene rings is 3. The van der Waals surface area contributed by atoms with E-state index in [0.29, 0.717) is 19.3 Å². The fraction of sp³-hybridized carbons (Fsp3) is 0.321. The van der Waals surface area contributed by atoms with Crippen LogP contribution in [0.3, 0.4) is 0 Å². The van der Waals surface area contributed by atoms with Crippen molar-refractivity contribution >= 4 is 40.3 Å². The zero-order valence-electron chi connectivity index (χ0n) is 20.7. The molecule has 0 aliphatic carbocycles. The van der Waals surface area contributed by atoms with E-state index in [0.717, 1.165) is 21.9 Å². The summed E-state index contributed by atoms with van der Waals surface area (Å²) in [4.78, 5) is 40.1. The quantitative estimate of drug-likeness (QED) is 0.201. The molecule has 3 atom stereocenters. The predicted octanol–water partition coefficient (Wildman–Crippen LogP) is 3.00. The maximum atomic E-state index is 13.0. The van der Waals surface area contributed by atoms with E-state index in [9.17, 15) is 19.5 Å². The first-order valence-corrected chi connectivity index (χ1v) is 12.6. The normalized spacial score (nSPS) is 13.4. The smallest absolute Gasteiger partial charge is 0.325 e. The summed E-state index contributed by atoms with van der Waals surface area (Å²) in [6.07, 6.45) is -0.288. The summed E-state index contributed by atoms with van der Waals surface area (Å²) in [5, 5.41) is 17.8. The number of fused-ring (bicyclic) bond motifs is 1. The number of rotatable bonds is 13. The highest BCUT2D eigenvalue weighted by Crippen LogP contribution is 2.20. The standard InChI is InChI=1S/C28H32ClN3O5/c1-2-9-23(26(34)28(36)30-17-25(33)37-18-19-10-4-3-5-11-19)31-27(35)24(32-29)16-21-14-8-13-20-12-6-7-15-22(20)21/h3-8,10-15,23-24,26,32,34H,2,9,16-18H2,1H3,(H,30,36)(H,31,35)/t23?,24-,26?/m0/s1. The van der Waals surface area contributed by atoms with Crippen molar-refractivity contribution in [2.75, 3.05) is 6.54 Å². The first-order chi connectivity index (χ1) is 17.9. The van der Waals surface area contributed by atoms with Gasteiger partial charge in [-0.25, -0.2) is 4.84 Å². The van der Waals surface area contributed by atoms with Gasteiger partial charge in [0.25, 0.3) is 5.91 Å². The van der Waals surface area contributed by atoms with E-state index in [2.05, 4.69) is 15.5 Å². The Morgan fingerprint density at radius 2 is 1.65 bits per heavy atom. The highest BCUT2D eigenvalue weighted by Gasteiger charge is 2.30. The summed E-state index contributed by atoms with van der Waals surface area (Å²) in [5.41, 5.74) is 1.75. The molecule has 3 aromatic carbocycles. The number of hydrogen-bond acceptors (Lipinski definition) is 6. The number of esters is 1. The van der Waals surface area contributed by atoms with Gasteiger partial charge in [-0.3, -0.25) is 14.4 Å². The van der Waals surface area contributed by atoms with Crippen molar-refractivity contribution in [2.24, 2.45) is 0 Å². The van der Waals surface area contributed by atoms with Crippen molar-refractivity contribution in [1.29, 1.82) is 0 Å². The van der Waals surface area contributed by atoms with Gasteiger partial charge in [0.15, 0.2) is 6.10 Å². The number of nitrogens with one attached hydrogen (secondary N) is 3. The molecule has 37 heavy (non-hydrogen) atoms. The monoisotopic (exact) mass is 525 g/mol. The molecule has 0 aliphatic heterocycles. The van der Waals surface area contributed by atoms with E-state index in [1.165, 1.54) is 0 Å². The number of ether oxygens (including phenoxy) is 1. The van der Waals surface area contributed by atoms with Gasteiger partial charge in [0.2, 0.25) is 5.91 Å². The minimum Gasteiger partial charge on any atom is -0.460 e. The minimum absolute atomic E-state index is 0.0795. The number of aliphatic hydroxyl groups excluding tert-OH is 1. The van der Waals surface area contributed by atoms with Gasteiger partial charge in [0.05, 0.1) is 6.04 Å². The lowest BCUT2D eigenvalue weighted by Gasteiger charge is -2.25. The molecule has 0 saturated carbocycles. The zero-order chi connectivity index (χ0) is 26.6. The average molecular weight is 526 g/mol. The van der Waals surface area contributed by atoms with Crippen LogP contribution in [0.1, 0.15) is 30.9 Å². The van der Waals surface area contributed by atoms with E-state index in [4.69, 9.17) is 16.5 Å². The lowest BCUT2D eigenvalue weighted by Crippen LogP contribution is -2.54. The Hall–Kier alpha value is -3.46. The van der Waals surface area contributed by atoms with Crippen molar-refractivity contribution in [1.82, 2.24) is 15.5 Å². The Morgan fingerprint density at radius 1 is 0.946 bits per heavy atom. The maximum Gasteiger partial charge on any atom is 0.325 e. The molecular formula is C28H32ClN3O5. The van der Waals surface area contributed by atoms with Crippen molar-refractivity contribution < 1.29 is 24.2 Å². The summed E-state index contributed by atoms with van der Waals surface area (Å²) in [6.45, 7) is 1.55. The van der Waals surface area contributed by atoms with Crippen molar-refractivity contribution in [3.05, 3.63) is 83.9 Å². The molecule has 8 nitrogen and oxygen atoms in total. The first-order valence-electron chi connectivity index (χ1n) is 12.2. The maximum absolute atomic E-state index is 13.0. The molecule has 0 spiro atoms. The molecule has 196 valence electrons. The van der Waals surface area contributed by atoms with Gasteiger partial charge >= 0.3 is 5.97 Å². The van der Waals surface area contributed by atoms with Crippen LogP contribution in [-0.4, -0.2) is 47.6 Å². The molecule has 2 unspecified atom stereocenters. The third kappa shape index (κ3) is 8.28. The van der Waals surface area contributed by atoms with Crippen LogP contribution in [0.5, 0.6) is 0 Å². The minimum atomic E-state index is -1.56. The largest absolute Gasteiger partial charge is 0.460 e. The highest BCUT2D eigenvalue weighted by atomic mass is 35.5. The van der Waals surface area contributed by atoms with Gasteiger partial charge in [-0.2, -0.15) is 0 Å². The number of aliphatic hydroxyl groups is 1. The van der Waals surface area contributed by atoms with Crippen molar-refractivity contribution in [3.8, 4) is 0 Å². The number of carbonyl (C=O) groups is 3. The molecule has 9 heteroatoms. The van der Waals surface area contributed by atoms with E-state index < -0.39 is 42.5 Å². The summed E-state index contributed by atoms with van der Waals surface area (Å²) in [7, 11) is 0. The predicted molar refractivity (Wildman–Crippen MR) is 143 cm³/mol. The third-order valence-corrected chi connectivity index (χ3v) is 6.24. The molecule has 0 heterocycles. The van der Waals surface area contributed by atoms with Crippen LogP contribution >= 0.6 is 11.8 Å². The Balaban J connectivity index is 1.55. The molecule has 0 fully saturated rings. The Kier molecular flexibility index (Phi) is 10.9. The molecule has 4 N–H and O–H groups in total. The lowest BCUT2D eigenvalue weighted by molar-refractivity contribution is -0.146. The van der Waals surface area contributed by atoms with Crippen LogP contribution in [0, 0.1) is 0 Å². The lowest BCUT2D eigenvalue weighted by atomic mass is 9.98. The van der Waals surface area contributed by atoms with Gasteiger partial charge in [-0.15, -0.1) is 0 Å². The van der Waals surface area contributed by atoms with Crippen LogP contribution in [0.2, 0.25) is 0 Å². The SMILES string of the molecule is CCCC(NC(=O)[C@H](Cc1cccc2ccccc12)NCl)C(O)C(=O)NCC(=O)OCc1ccccc1. The summed E-state index contributed by atoms with van der Waals surface area (Å²) in [5.74, 6) is -1.86. The molecule has 3 rings (SSSR count). The van der Waals surface area contributed by atoms with E-state index in [1.54, 1.807) is 0 Å². The molecule has 0 aromatic heterocycles. The second kappa shape index (κ2) is 14.3. The second-order valence-corrected chi connectivity index (χ2v) is 8.93. The fourth-order valence-electron chi connectivity index (χ4n) is 4.01. The second-order valence-electron chi connectivity index (χ2n) is 8.72. The Bertz CT molecular complexity index is 1190. The van der Waals surface area contributed by atoms with E-state index in [1.807, 2.05) is 79.7 Å². The van der Waals surface area contributed by atoms with E-state index in [-0.39, 0.29) is 6.61 Å². The Morgan fingerprint density at radius 3 is 2.38 bits per heavy atom. The molecule has 0 radical (unpaired) electrons. The molecule has 3 aromatic rings. The summed E-state index contributed by atoms with van der Waals surface area (Å²) in [6, 6.07) is 21.2. The third-order valence-electron chi connectivity index (χ3n) is 5.98. The number of amides is 2. The first kappa shape index (κ1) is 28.1. The Labute approximate surface area is 221 Å². The van der Waals surface area contributed by atoms with Crippen LogP contribution in [0.4, 0.5) is 0 Å². The average Bonchev–Trinajstić information content (AvgIpc) is 2.93. The van der Waals surface area contributed by atoms with Crippen molar-refractivity contribution in [3.63, 3.8) is 0 Å². The van der Waals surface area contributed by atoms with E-state index >= 15 is 0 Å². The van der Waals surface area contributed by atoms with Crippen molar-refractivity contribution in [2.45, 2.75) is 51.0 Å². The molecule has 0 aliphatic rings. The van der Waals surface area contributed by atoms with Gasteiger partial charge in [-0.05, 0) is 46.5 Å². The summed E-state index contributed by atoms with van der Waals surface area (Å²) >= 11 is 5.92. The number of halogens is 1. The van der Waals surface area contributed by atoms with Crippen LogP contribution in [-0.2, 0) is 32.1 Å². The molecule has 2 amide bonds. The topological polar surface area (TPSA) is 117 Å². The highest BCUT2D eigenvalue weighted by molar-refractivity contribution is 6.15. The number of carbonyl (C=O) groups excluding carboxylic acids is 3.